The van der Waals surface area contributed by atoms with E-state index in [1.165, 1.54) is 17.1 Å². The molecule has 0 fully saturated rings. The molecule has 1 aromatic heterocycles. The van der Waals surface area contributed by atoms with Crippen molar-refractivity contribution in [3.05, 3.63) is 18.0 Å². The fourth-order valence-electron chi connectivity index (χ4n) is 0.965. The number of halogens is 3. The van der Waals surface area contributed by atoms with Gasteiger partial charge in [0.1, 0.15) is 0 Å². The zero-order valence-corrected chi connectivity index (χ0v) is 9.37. The monoisotopic (exact) mass is 268 g/mol. The Morgan fingerprint density at radius 3 is 2.50 bits per heavy atom. The molecule has 0 radical (unpaired) electrons. The van der Waals surface area contributed by atoms with Crippen molar-refractivity contribution in [1.82, 2.24) is 9.78 Å². The van der Waals surface area contributed by atoms with Gasteiger partial charge in [0.2, 0.25) is 0 Å². The van der Waals surface area contributed by atoms with Gasteiger partial charge in [-0.25, -0.2) is 0 Å². The zero-order chi connectivity index (χ0) is 10.9. The minimum absolute atomic E-state index is 0.0832. The Hall–Kier alpha value is -0.490. The molecule has 1 atom stereocenters. The van der Waals surface area contributed by atoms with Crippen molar-refractivity contribution in [3.63, 3.8) is 0 Å². The van der Waals surface area contributed by atoms with Crippen LogP contribution in [-0.4, -0.2) is 19.7 Å². The predicted molar refractivity (Wildman–Crippen MR) is 51.4 cm³/mol. The van der Waals surface area contributed by atoms with Crippen LogP contribution in [0.15, 0.2) is 12.4 Å². The Morgan fingerprint density at radius 1 is 1.57 bits per heavy atom. The lowest BCUT2D eigenvalue weighted by Gasteiger charge is -2.14. The van der Waals surface area contributed by atoms with Crippen molar-refractivity contribution in [3.8, 4) is 0 Å². The molecule has 0 amide bonds. The van der Waals surface area contributed by atoms with Gasteiger partial charge in [0.05, 0.1) is 6.20 Å². The normalized spacial score (nSPS) is 14.8. The van der Waals surface area contributed by atoms with Crippen molar-refractivity contribution in [2.24, 2.45) is 0 Å². The van der Waals surface area contributed by atoms with Crippen LogP contribution in [0.3, 0.4) is 0 Å². The Labute approximate surface area is 88.9 Å². The summed E-state index contributed by atoms with van der Waals surface area (Å²) in [6, 6.07) is 0.0832. The smallest absolute Gasteiger partial charge is 0.330 e. The van der Waals surface area contributed by atoms with Crippen LogP contribution in [0.2, 0.25) is 0 Å². The highest BCUT2D eigenvalue weighted by molar-refractivity contribution is 9.10. The Morgan fingerprint density at radius 2 is 2.14 bits per heavy atom. The van der Waals surface area contributed by atoms with E-state index in [1.807, 2.05) is 13.8 Å². The quantitative estimate of drug-likeness (QED) is 0.856. The minimum atomic E-state index is -3.32. The van der Waals surface area contributed by atoms with E-state index in [4.69, 9.17) is 0 Å². The summed E-state index contributed by atoms with van der Waals surface area (Å²) >= 11 is 2.11. The van der Waals surface area contributed by atoms with E-state index in [-0.39, 0.29) is 11.6 Å². The highest BCUT2D eigenvalue weighted by Gasteiger charge is 2.36. The molecule has 14 heavy (non-hydrogen) atoms. The standard InChI is InChI=1S/C8H11BrF2N2O/c1-5(2)13-4-6(3-12-13)7(14)8(9,10)11/h3-5,7,14H,1-2H3. The van der Waals surface area contributed by atoms with Gasteiger partial charge in [-0.05, 0) is 29.8 Å². The van der Waals surface area contributed by atoms with Gasteiger partial charge in [0.25, 0.3) is 0 Å². The van der Waals surface area contributed by atoms with Crippen LogP contribution in [0.5, 0.6) is 0 Å². The average molecular weight is 269 g/mol. The molecule has 3 nitrogen and oxygen atoms in total. The fraction of sp³-hybridized carbons (Fsp3) is 0.625. The molecule has 1 unspecified atom stereocenters. The lowest BCUT2D eigenvalue weighted by Crippen LogP contribution is -2.17. The van der Waals surface area contributed by atoms with E-state index in [0.29, 0.717) is 0 Å². The molecule has 0 saturated carbocycles. The lowest BCUT2D eigenvalue weighted by molar-refractivity contribution is -0.0295. The van der Waals surface area contributed by atoms with E-state index in [9.17, 15) is 13.9 Å². The molecule has 80 valence electrons. The number of aliphatic hydroxyl groups is 1. The van der Waals surface area contributed by atoms with Crippen LogP contribution in [0.1, 0.15) is 31.6 Å². The number of aromatic nitrogens is 2. The Kier molecular flexibility index (Phi) is 3.26. The maximum Gasteiger partial charge on any atom is 0.330 e. The topological polar surface area (TPSA) is 38.0 Å². The number of hydrogen-bond acceptors (Lipinski definition) is 2. The van der Waals surface area contributed by atoms with E-state index < -0.39 is 10.9 Å². The van der Waals surface area contributed by atoms with Crippen molar-refractivity contribution in [1.29, 1.82) is 0 Å². The van der Waals surface area contributed by atoms with Crippen LogP contribution >= 0.6 is 15.9 Å². The van der Waals surface area contributed by atoms with Crippen LogP contribution < -0.4 is 0 Å². The molecule has 1 heterocycles. The van der Waals surface area contributed by atoms with Gasteiger partial charge in [0, 0.05) is 17.8 Å². The summed E-state index contributed by atoms with van der Waals surface area (Å²) < 4.78 is 26.8. The van der Waals surface area contributed by atoms with Crippen LogP contribution in [0, 0.1) is 0 Å². The molecule has 6 heteroatoms. The molecular weight excluding hydrogens is 258 g/mol. The van der Waals surface area contributed by atoms with Gasteiger partial charge in [-0.2, -0.15) is 13.9 Å². The molecular formula is C8H11BrF2N2O. The number of hydrogen-bond donors (Lipinski definition) is 1. The van der Waals surface area contributed by atoms with Gasteiger partial charge in [-0.3, -0.25) is 4.68 Å². The van der Waals surface area contributed by atoms with E-state index >= 15 is 0 Å². The highest BCUT2D eigenvalue weighted by Crippen LogP contribution is 2.36. The number of alkyl halides is 3. The summed E-state index contributed by atoms with van der Waals surface area (Å²) in [7, 11) is 0. The first kappa shape index (κ1) is 11.6. The van der Waals surface area contributed by atoms with Crippen LogP contribution in [-0.2, 0) is 0 Å². The number of rotatable bonds is 3. The van der Waals surface area contributed by atoms with Crippen LogP contribution in [0.4, 0.5) is 8.78 Å². The van der Waals surface area contributed by atoms with Crippen LogP contribution in [0.25, 0.3) is 0 Å². The summed E-state index contributed by atoms with van der Waals surface area (Å²) in [5.41, 5.74) is 0.0978. The summed E-state index contributed by atoms with van der Waals surface area (Å²) in [6.45, 7) is 3.74. The Balaban J connectivity index is 2.87. The van der Waals surface area contributed by atoms with Gasteiger partial charge in [0.15, 0.2) is 6.10 Å². The van der Waals surface area contributed by atoms with Crippen molar-refractivity contribution in [2.75, 3.05) is 0 Å². The molecule has 1 N–H and O–H groups in total. The first-order valence-electron chi connectivity index (χ1n) is 4.11. The summed E-state index contributed by atoms with van der Waals surface area (Å²) in [6.07, 6.45) is 0.777. The first-order chi connectivity index (χ1) is 6.32. The molecule has 0 bridgehead atoms. The molecule has 1 aromatic rings. The van der Waals surface area contributed by atoms with Crippen molar-refractivity contribution < 1.29 is 13.9 Å². The zero-order valence-electron chi connectivity index (χ0n) is 7.78. The third kappa shape index (κ3) is 2.51. The molecule has 0 aromatic carbocycles. The fourth-order valence-corrected chi connectivity index (χ4v) is 1.23. The molecule has 0 saturated heterocycles. The lowest BCUT2D eigenvalue weighted by atomic mass is 10.2. The second-order valence-electron chi connectivity index (χ2n) is 3.29. The van der Waals surface area contributed by atoms with E-state index in [0.717, 1.165) is 0 Å². The maximum atomic E-state index is 12.6. The largest absolute Gasteiger partial charge is 0.381 e. The minimum Gasteiger partial charge on any atom is -0.381 e. The van der Waals surface area contributed by atoms with Crippen molar-refractivity contribution >= 4 is 15.9 Å². The number of nitrogens with zero attached hydrogens (tertiary/aromatic N) is 2. The van der Waals surface area contributed by atoms with Gasteiger partial charge in [-0.15, -0.1) is 0 Å². The third-order valence-corrected chi connectivity index (χ3v) is 2.21. The third-order valence-electron chi connectivity index (χ3n) is 1.78. The first-order valence-corrected chi connectivity index (χ1v) is 4.90. The molecule has 0 aliphatic heterocycles. The van der Waals surface area contributed by atoms with Gasteiger partial charge >= 0.3 is 4.83 Å². The SMILES string of the molecule is CC(C)n1cc(C(O)C(F)(F)Br)cn1. The average Bonchev–Trinajstić information content (AvgIpc) is 2.48. The van der Waals surface area contributed by atoms with Gasteiger partial charge < -0.3 is 5.11 Å². The van der Waals surface area contributed by atoms with Gasteiger partial charge in [-0.1, -0.05) is 0 Å². The number of aliphatic hydroxyl groups excluding tert-OH is 1. The summed E-state index contributed by atoms with van der Waals surface area (Å²) in [5, 5.41) is 13.1. The molecule has 0 aliphatic carbocycles. The highest BCUT2D eigenvalue weighted by atomic mass is 79.9. The van der Waals surface area contributed by atoms with E-state index in [1.54, 1.807) is 0 Å². The second-order valence-corrected chi connectivity index (χ2v) is 4.35. The van der Waals surface area contributed by atoms with Crippen molar-refractivity contribution in [2.45, 2.75) is 30.8 Å². The maximum absolute atomic E-state index is 12.6. The summed E-state index contributed by atoms with van der Waals surface area (Å²) in [5.74, 6) is 0. The molecule has 1 rings (SSSR count). The van der Waals surface area contributed by atoms with E-state index in [2.05, 4.69) is 21.0 Å². The molecule has 0 aliphatic rings. The predicted octanol–water partition coefficient (Wildman–Crippen LogP) is 2.49. The molecule has 0 spiro atoms. The summed E-state index contributed by atoms with van der Waals surface area (Å²) in [4.78, 5) is -3.32. The second kappa shape index (κ2) is 3.94. The Bertz CT molecular complexity index is 309.